The van der Waals surface area contributed by atoms with Crippen molar-refractivity contribution in [2.45, 2.75) is 25.9 Å². The summed E-state index contributed by atoms with van der Waals surface area (Å²) in [5, 5.41) is 0. The minimum atomic E-state index is -4.93. The number of hydrogen-bond donors (Lipinski definition) is 0. The first-order chi connectivity index (χ1) is 9.16. The Bertz CT molecular complexity index is 504. The van der Waals surface area contributed by atoms with E-state index < -0.39 is 39.8 Å². The molecule has 0 unspecified atom stereocenters. The Morgan fingerprint density at radius 1 is 1.45 bits per heavy atom. The van der Waals surface area contributed by atoms with Crippen LogP contribution in [-0.4, -0.2) is 17.6 Å². The molecule has 20 heavy (non-hydrogen) atoms. The largest absolute Gasteiger partial charge is 0.466 e. The summed E-state index contributed by atoms with van der Waals surface area (Å²) in [5.41, 5.74) is -3.03. The molecule has 0 radical (unpaired) electrons. The van der Waals surface area contributed by atoms with Gasteiger partial charge in [0.05, 0.1) is 24.3 Å². The van der Waals surface area contributed by atoms with Gasteiger partial charge < -0.3 is 4.74 Å². The Labute approximate surface area is 124 Å². The average Bonchev–Trinajstić information content (AvgIpc) is 2.26. The lowest BCUT2D eigenvalue weighted by atomic mass is 10.1. The molecule has 1 aromatic heterocycles. The summed E-state index contributed by atoms with van der Waals surface area (Å²) in [5.74, 6) is -0.740. The molecule has 0 aliphatic rings. The molecule has 0 bridgehead atoms. The normalized spacial score (nSPS) is 11.8. The second-order valence-electron chi connectivity index (χ2n) is 3.64. The van der Waals surface area contributed by atoms with Gasteiger partial charge in [0, 0.05) is 3.57 Å². The van der Waals surface area contributed by atoms with E-state index in [1.54, 1.807) is 6.92 Å². The fourth-order valence-corrected chi connectivity index (χ4v) is 2.41. The van der Waals surface area contributed by atoms with Crippen molar-refractivity contribution in [1.29, 1.82) is 0 Å². The lowest BCUT2D eigenvalue weighted by Crippen LogP contribution is -2.17. The number of esters is 1. The van der Waals surface area contributed by atoms with E-state index in [2.05, 4.69) is 9.72 Å². The maximum atomic E-state index is 12.7. The Hall–Kier alpha value is -1.00. The Kier molecular flexibility index (Phi) is 5.66. The van der Waals surface area contributed by atoms with Crippen LogP contribution in [-0.2, 0) is 22.1 Å². The highest BCUT2D eigenvalue weighted by molar-refractivity contribution is 14.1. The molecule has 9 heteroatoms. The molecule has 0 spiro atoms. The van der Waals surface area contributed by atoms with Crippen molar-refractivity contribution in [3.63, 3.8) is 0 Å². The zero-order chi connectivity index (χ0) is 15.5. The highest BCUT2D eigenvalue weighted by Crippen LogP contribution is 2.38. The van der Waals surface area contributed by atoms with Gasteiger partial charge >= 0.3 is 12.1 Å². The summed E-state index contributed by atoms with van der Waals surface area (Å²) in [6.07, 6.45) is -8.78. The van der Waals surface area contributed by atoms with E-state index in [0.29, 0.717) is 0 Å². The van der Waals surface area contributed by atoms with Gasteiger partial charge in [0.15, 0.2) is 0 Å². The van der Waals surface area contributed by atoms with Gasteiger partial charge in [0.2, 0.25) is 0 Å². The Morgan fingerprint density at radius 3 is 2.50 bits per heavy atom. The molecule has 1 rings (SSSR count). The van der Waals surface area contributed by atoms with Crippen molar-refractivity contribution < 1.29 is 31.5 Å². The molecule has 112 valence electrons. The van der Waals surface area contributed by atoms with Gasteiger partial charge in [-0.3, -0.25) is 9.78 Å². The third-order valence-electron chi connectivity index (χ3n) is 2.17. The van der Waals surface area contributed by atoms with Crippen LogP contribution in [0.4, 0.5) is 22.0 Å². The molecule has 0 fully saturated rings. The van der Waals surface area contributed by atoms with Gasteiger partial charge in [-0.15, -0.1) is 0 Å². The molecule has 0 aliphatic heterocycles. The Morgan fingerprint density at radius 2 is 2.05 bits per heavy atom. The fraction of sp³-hybridized carbons (Fsp3) is 0.455. The van der Waals surface area contributed by atoms with Gasteiger partial charge in [0.25, 0.3) is 6.43 Å². The molecule has 3 nitrogen and oxygen atoms in total. The van der Waals surface area contributed by atoms with Crippen LogP contribution in [0.2, 0.25) is 0 Å². The maximum absolute atomic E-state index is 12.7. The van der Waals surface area contributed by atoms with Crippen molar-refractivity contribution >= 4 is 28.6 Å². The van der Waals surface area contributed by atoms with E-state index in [1.807, 2.05) is 0 Å². The molecular formula is C11H9F5INO2. The van der Waals surface area contributed by atoms with E-state index >= 15 is 0 Å². The number of alkyl halides is 5. The number of hydrogen-bond acceptors (Lipinski definition) is 3. The number of nitrogens with zero attached hydrogens (tertiary/aromatic N) is 1. The van der Waals surface area contributed by atoms with E-state index in [4.69, 9.17) is 0 Å². The monoisotopic (exact) mass is 409 g/mol. The summed E-state index contributed by atoms with van der Waals surface area (Å²) >= 11 is 1.29. The molecule has 1 heterocycles. The molecule has 0 saturated carbocycles. The molecule has 0 amide bonds. The Balaban J connectivity index is 3.24. The minimum absolute atomic E-state index is 0.0816. The van der Waals surface area contributed by atoms with Crippen molar-refractivity contribution in [2.24, 2.45) is 0 Å². The van der Waals surface area contributed by atoms with E-state index in [9.17, 15) is 26.7 Å². The molecule has 1 aromatic rings. The van der Waals surface area contributed by atoms with Crippen LogP contribution in [0.5, 0.6) is 0 Å². The van der Waals surface area contributed by atoms with Crippen LogP contribution in [0.3, 0.4) is 0 Å². The van der Waals surface area contributed by atoms with E-state index in [1.165, 1.54) is 22.6 Å². The number of carbonyl (C=O) groups is 1. The van der Waals surface area contributed by atoms with Crippen molar-refractivity contribution in [3.8, 4) is 0 Å². The van der Waals surface area contributed by atoms with Crippen LogP contribution in [0.1, 0.15) is 30.3 Å². The fourth-order valence-electron chi connectivity index (χ4n) is 1.47. The number of ether oxygens (including phenoxy) is 1. The number of halogens is 6. The van der Waals surface area contributed by atoms with E-state index in [-0.39, 0.29) is 12.3 Å². The summed E-state index contributed by atoms with van der Waals surface area (Å²) in [4.78, 5) is 14.5. The van der Waals surface area contributed by atoms with Crippen LogP contribution >= 0.6 is 22.6 Å². The van der Waals surface area contributed by atoms with Crippen molar-refractivity contribution in [2.75, 3.05) is 6.61 Å². The van der Waals surface area contributed by atoms with Gasteiger partial charge in [-0.2, -0.15) is 13.2 Å². The highest BCUT2D eigenvalue weighted by atomic mass is 127. The zero-order valence-corrected chi connectivity index (χ0v) is 12.3. The lowest BCUT2D eigenvalue weighted by molar-refractivity contribution is -0.142. The SMILES string of the molecule is CCOC(=O)Cc1cc(I)c(C(F)(F)F)c(C(F)F)n1. The third-order valence-corrected chi connectivity index (χ3v) is 3.02. The predicted molar refractivity (Wildman–Crippen MR) is 67.2 cm³/mol. The summed E-state index contributed by atoms with van der Waals surface area (Å²) in [6, 6.07) is 0.951. The molecule has 0 aromatic carbocycles. The molecule has 0 saturated heterocycles. The van der Waals surface area contributed by atoms with Crippen LogP contribution in [0.15, 0.2) is 6.07 Å². The minimum Gasteiger partial charge on any atom is -0.466 e. The first-order valence-electron chi connectivity index (χ1n) is 5.37. The van der Waals surface area contributed by atoms with Crippen molar-refractivity contribution in [3.05, 3.63) is 26.6 Å². The maximum Gasteiger partial charge on any atom is 0.419 e. The predicted octanol–water partition coefficient (Wildman–Crippen LogP) is 3.75. The third kappa shape index (κ3) is 4.25. The smallest absolute Gasteiger partial charge is 0.419 e. The number of rotatable bonds is 4. The van der Waals surface area contributed by atoms with Gasteiger partial charge in [0.1, 0.15) is 5.69 Å². The first-order valence-corrected chi connectivity index (χ1v) is 6.45. The van der Waals surface area contributed by atoms with Gasteiger partial charge in [-0.05, 0) is 35.6 Å². The van der Waals surface area contributed by atoms with Crippen LogP contribution < -0.4 is 0 Å². The molecule has 0 N–H and O–H groups in total. The molecule has 0 aliphatic carbocycles. The zero-order valence-electron chi connectivity index (χ0n) is 10.1. The number of pyridine rings is 1. The van der Waals surface area contributed by atoms with Crippen LogP contribution in [0.25, 0.3) is 0 Å². The first kappa shape index (κ1) is 17.1. The van der Waals surface area contributed by atoms with Crippen molar-refractivity contribution in [1.82, 2.24) is 4.98 Å². The summed E-state index contributed by atoms with van der Waals surface area (Å²) in [7, 11) is 0. The summed E-state index contributed by atoms with van der Waals surface area (Å²) < 4.78 is 67.7. The topological polar surface area (TPSA) is 39.2 Å². The number of carbonyl (C=O) groups excluding carboxylic acids is 1. The second kappa shape index (κ2) is 6.64. The second-order valence-corrected chi connectivity index (χ2v) is 4.80. The van der Waals surface area contributed by atoms with Gasteiger partial charge in [-0.25, -0.2) is 8.78 Å². The average molecular weight is 409 g/mol. The lowest BCUT2D eigenvalue weighted by Gasteiger charge is -2.15. The number of aromatic nitrogens is 1. The summed E-state index contributed by atoms with van der Waals surface area (Å²) in [6.45, 7) is 1.63. The molecular weight excluding hydrogens is 400 g/mol. The van der Waals surface area contributed by atoms with Crippen LogP contribution in [0, 0.1) is 3.57 Å². The quantitative estimate of drug-likeness (QED) is 0.432. The van der Waals surface area contributed by atoms with E-state index in [0.717, 1.165) is 6.07 Å². The van der Waals surface area contributed by atoms with Gasteiger partial charge in [-0.1, -0.05) is 0 Å². The highest BCUT2D eigenvalue weighted by Gasteiger charge is 2.39. The molecule has 0 atom stereocenters. The standard InChI is InChI=1S/C11H9F5INO2/c1-2-20-7(19)4-5-3-6(17)8(11(14,15)16)9(18-5)10(12)13/h3,10H,2,4H2,1H3.